The third kappa shape index (κ3) is 5.19. The van der Waals surface area contributed by atoms with Gasteiger partial charge in [0.15, 0.2) is 11.5 Å². The number of nitrogens with one attached hydrogen (secondary N) is 2. The smallest absolute Gasteiger partial charge is 0.337 e. The summed E-state index contributed by atoms with van der Waals surface area (Å²) < 4.78 is 15.4. The number of rotatable bonds is 6. The van der Waals surface area contributed by atoms with Gasteiger partial charge in [-0.3, -0.25) is 9.59 Å². The summed E-state index contributed by atoms with van der Waals surface area (Å²) >= 11 is 0. The molecule has 2 amide bonds. The van der Waals surface area contributed by atoms with Crippen LogP contribution in [0.25, 0.3) is 6.08 Å². The predicted molar refractivity (Wildman–Crippen MR) is 121 cm³/mol. The first-order valence-corrected chi connectivity index (χ1v) is 10.0. The van der Waals surface area contributed by atoms with Crippen LogP contribution in [0.15, 0.2) is 78.5 Å². The number of hydrogen-bond acceptors (Lipinski definition) is 6. The fraction of sp³-hybridized carbons (Fsp3) is 0.0800. The van der Waals surface area contributed by atoms with E-state index in [1.165, 1.54) is 19.2 Å². The molecule has 0 saturated carbocycles. The first-order chi connectivity index (χ1) is 16.0. The summed E-state index contributed by atoms with van der Waals surface area (Å²) in [6, 6.07) is 20.0. The first kappa shape index (κ1) is 21.6. The zero-order valence-electron chi connectivity index (χ0n) is 17.7. The molecular weight excluding hydrogens is 424 g/mol. The van der Waals surface area contributed by atoms with Crippen LogP contribution < -0.4 is 20.1 Å². The maximum Gasteiger partial charge on any atom is 0.337 e. The molecule has 8 heteroatoms. The van der Waals surface area contributed by atoms with E-state index in [4.69, 9.17) is 9.47 Å². The van der Waals surface area contributed by atoms with Crippen LogP contribution in [0.4, 0.5) is 5.69 Å². The van der Waals surface area contributed by atoms with Gasteiger partial charge in [-0.2, -0.15) is 0 Å². The van der Waals surface area contributed by atoms with Gasteiger partial charge in [0, 0.05) is 11.3 Å². The normalized spacial score (nSPS) is 12.1. The van der Waals surface area contributed by atoms with E-state index in [1.54, 1.807) is 66.7 Å². The molecule has 0 spiro atoms. The minimum Gasteiger partial charge on any atom is -0.465 e. The quantitative estimate of drug-likeness (QED) is 0.445. The SMILES string of the molecule is COC(=O)c1ccc(NC(=O)C(=Cc2ccc3c(c2)OCO3)NC(=O)c2ccccc2)cc1. The average Bonchev–Trinajstić information content (AvgIpc) is 3.32. The molecule has 33 heavy (non-hydrogen) atoms. The van der Waals surface area contributed by atoms with Crippen molar-refractivity contribution >= 4 is 29.5 Å². The number of amides is 2. The summed E-state index contributed by atoms with van der Waals surface area (Å²) in [5.74, 6) is -0.290. The second kappa shape index (κ2) is 9.69. The fourth-order valence-corrected chi connectivity index (χ4v) is 3.12. The molecule has 0 unspecified atom stereocenters. The molecule has 0 aromatic heterocycles. The number of benzene rings is 3. The molecular formula is C25H20N2O6. The largest absolute Gasteiger partial charge is 0.465 e. The Morgan fingerprint density at radius 2 is 1.61 bits per heavy atom. The van der Waals surface area contributed by atoms with Gasteiger partial charge in [-0.25, -0.2) is 4.79 Å². The van der Waals surface area contributed by atoms with Crippen molar-refractivity contribution in [2.24, 2.45) is 0 Å². The van der Waals surface area contributed by atoms with Gasteiger partial charge in [0.25, 0.3) is 11.8 Å². The molecule has 166 valence electrons. The van der Waals surface area contributed by atoms with Crippen LogP contribution in [0.5, 0.6) is 11.5 Å². The molecule has 0 radical (unpaired) electrons. The molecule has 1 aliphatic heterocycles. The van der Waals surface area contributed by atoms with Crippen molar-refractivity contribution in [2.45, 2.75) is 0 Å². The Hall–Kier alpha value is -4.59. The van der Waals surface area contributed by atoms with E-state index in [-0.39, 0.29) is 12.5 Å². The van der Waals surface area contributed by atoms with Crippen molar-refractivity contribution in [3.05, 3.63) is 95.2 Å². The Morgan fingerprint density at radius 3 is 2.33 bits per heavy atom. The highest BCUT2D eigenvalue weighted by molar-refractivity contribution is 6.10. The van der Waals surface area contributed by atoms with E-state index in [9.17, 15) is 14.4 Å². The van der Waals surface area contributed by atoms with E-state index < -0.39 is 17.8 Å². The van der Waals surface area contributed by atoms with Gasteiger partial charge in [-0.15, -0.1) is 0 Å². The van der Waals surface area contributed by atoms with Crippen molar-refractivity contribution in [1.82, 2.24) is 5.32 Å². The van der Waals surface area contributed by atoms with E-state index >= 15 is 0 Å². The van der Waals surface area contributed by atoms with Crippen LogP contribution in [0.3, 0.4) is 0 Å². The van der Waals surface area contributed by atoms with Crippen molar-refractivity contribution in [3.63, 3.8) is 0 Å². The maximum absolute atomic E-state index is 13.1. The van der Waals surface area contributed by atoms with Crippen molar-refractivity contribution in [3.8, 4) is 11.5 Å². The van der Waals surface area contributed by atoms with Crippen LogP contribution in [0, 0.1) is 0 Å². The van der Waals surface area contributed by atoms with Gasteiger partial charge in [0.05, 0.1) is 12.7 Å². The van der Waals surface area contributed by atoms with Gasteiger partial charge in [0.2, 0.25) is 6.79 Å². The first-order valence-electron chi connectivity index (χ1n) is 10.0. The zero-order chi connectivity index (χ0) is 23.2. The molecule has 3 aromatic carbocycles. The van der Waals surface area contributed by atoms with Crippen LogP contribution >= 0.6 is 0 Å². The number of methoxy groups -OCH3 is 1. The van der Waals surface area contributed by atoms with Crippen molar-refractivity contribution in [1.29, 1.82) is 0 Å². The summed E-state index contributed by atoms with van der Waals surface area (Å²) in [6.07, 6.45) is 1.54. The van der Waals surface area contributed by atoms with Crippen LogP contribution in [-0.2, 0) is 9.53 Å². The lowest BCUT2D eigenvalue weighted by atomic mass is 10.1. The Kier molecular flexibility index (Phi) is 6.36. The zero-order valence-corrected chi connectivity index (χ0v) is 17.7. The molecule has 1 heterocycles. The molecule has 0 bridgehead atoms. The molecule has 3 aromatic rings. The number of anilines is 1. The third-order valence-electron chi connectivity index (χ3n) is 4.80. The van der Waals surface area contributed by atoms with Gasteiger partial charge in [-0.05, 0) is 60.2 Å². The summed E-state index contributed by atoms with van der Waals surface area (Å²) in [5, 5.41) is 5.40. The van der Waals surface area contributed by atoms with Gasteiger partial charge in [0.1, 0.15) is 5.70 Å². The molecule has 0 atom stereocenters. The number of carbonyl (C=O) groups is 3. The van der Waals surface area contributed by atoms with Crippen molar-refractivity contribution in [2.75, 3.05) is 19.2 Å². The third-order valence-corrected chi connectivity index (χ3v) is 4.80. The number of ether oxygens (including phenoxy) is 3. The molecule has 0 aliphatic carbocycles. The Labute approximate surface area is 189 Å². The number of fused-ring (bicyclic) bond motifs is 1. The summed E-state index contributed by atoms with van der Waals surface area (Å²) in [4.78, 5) is 37.4. The lowest BCUT2D eigenvalue weighted by Gasteiger charge is -2.12. The lowest BCUT2D eigenvalue weighted by molar-refractivity contribution is -0.113. The van der Waals surface area contributed by atoms with E-state index in [2.05, 4.69) is 15.4 Å². The molecule has 1 aliphatic rings. The molecule has 4 rings (SSSR count). The highest BCUT2D eigenvalue weighted by Crippen LogP contribution is 2.33. The highest BCUT2D eigenvalue weighted by atomic mass is 16.7. The Bertz CT molecular complexity index is 1220. The molecule has 0 saturated heterocycles. The van der Waals surface area contributed by atoms with Crippen LogP contribution in [0.2, 0.25) is 0 Å². The second-order valence-corrected chi connectivity index (χ2v) is 7.01. The minimum atomic E-state index is -0.539. The standard InChI is InChI=1S/C25H20N2O6/c1-31-25(30)18-8-10-19(11-9-18)26-24(29)20(27-23(28)17-5-3-2-4-6-17)13-16-7-12-21-22(14-16)33-15-32-21/h2-14H,15H2,1H3,(H,26,29)(H,27,28). The maximum atomic E-state index is 13.1. The van der Waals surface area contributed by atoms with Crippen LogP contribution in [-0.4, -0.2) is 31.7 Å². The van der Waals surface area contributed by atoms with Crippen LogP contribution in [0.1, 0.15) is 26.3 Å². The van der Waals surface area contributed by atoms with Gasteiger partial charge >= 0.3 is 5.97 Å². The van der Waals surface area contributed by atoms with Crippen molar-refractivity contribution < 1.29 is 28.6 Å². The number of hydrogen-bond donors (Lipinski definition) is 2. The average molecular weight is 444 g/mol. The van der Waals surface area contributed by atoms with E-state index in [0.29, 0.717) is 33.9 Å². The molecule has 8 nitrogen and oxygen atoms in total. The molecule has 0 fully saturated rings. The number of esters is 1. The highest BCUT2D eigenvalue weighted by Gasteiger charge is 2.17. The van der Waals surface area contributed by atoms with Gasteiger partial charge < -0.3 is 24.8 Å². The van der Waals surface area contributed by atoms with Gasteiger partial charge in [-0.1, -0.05) is 24.3 Å². The predicted octanol–water partition coefficient (Wildman–Crippen LogP) is 3.61. The molecule has 2 N–H and O–H groups in total. The Balaban J connectivity index is 1.59. The summed E-state index contributed by atoms with van der Waals surface area (Å²) in [6.45, 7) is 0.127. The lowest BCUT2D eigenvalue weighted by Crippen LogP contribution is -2.30. The topological polar surface area (TPSA) is 103 Å². The Morgan fingerprint density at radius 1 is 0.879 bits per heavy atom. The van der Waals surface area contributed by atoms with E-state index in [0.717, 1.165) is 0 Å². The monoisotopic (exact) mass is 444 g/mol. The fourth-order valence-electron chi connectivity index (χ4n) is 3.12. The van der Waals surface area contributed by atoms with E-state index in [1.807, 2.05) is 0 Å². The summed E-state index contributed by atoms with van der Waals surface area (Å²) in [7, 11) is 1.29. The second-order valence-electron chi connectivity index (χ2n) is 7.01. The minimum absolute atomic E-state index is 0.0276. The number of carbonyl (C=O) groups excluding carboxylic acids is 3. The summed E-state index contributed by atoms with van der Waals surface area (Å²) in [5.41, 5.74) is 1.87.